The van der Waals surface area contributed by atoms with E-state index >= 15 is 0 Å². The molecule has 1 aromatic heterocycles. The van der Waals surface area contributed by atoms with E-state index in [2.05, 4.69) is 36.5 Å². The molecule has 5 nitrogen and oxygen atoms in total. The molecule has 0 aliphatic carbocycles. The van der Waals surface area contributed by atoms with E-state index in [1.807, 2.05) is 44.2 Å². The maximum atomic E-state index is 12.7. The first-order valence-corrected chi connectivity index (χ1v) is 11.7. The van der Waals surface area contributed by atoms with Crippen molar-refractivity contribution in [2.75, 3.05) is 20.8 Å². The fraction of sp³-hybridized carbons (Fsp3) is 0.233. The van der Waals surface area contributed by atoms with E-state index in [0.29, 0.717) is 18.7 Å². The van der Waals surface area contributed by atoms with Gasteiger partial charge in [0.15, 0.2) is 0 Å². The van der Waals surface area contributed by atoms with Gasteiger partial charge in [-0.15, -0.1) is 0 Å². The van der Waals surface area contributed by atoms with Crippen LogP contribution in [0.25, 0.3) is 27.7 Å². The van der Waals surface area contributed by atoms with Crippen molar-refractivity contribution < 1.29 is 18.7 Å². The molecule has 0 unspecified atom stereocenters. The van der Waals surface area contributed by atoms with E-state index in [0.717, 1.165) is 50.1 Å². The molecule has 1 N–H and O–H groups in total. The number of aryl methyl sites for hydroxylation is 2. The van der Waals surface area contributed by atoms with Crippen LogP contribution in [0.5, 0.6) is 11.5 Å². The average molecular weight is 470 g/mol. The monoisotopic (exact) mass is 469 g/mol. The van der Waals surface area contributed by atoms with Crippen LogP contribution in [0.1, 0.15) is 29.2 Å². The van der Waals surface area contributed by atoms with Crippen molar-refractivity contribution in [2.24, 2.45) is 0 Å². The summed E-state index contributed by atoms with van der Waals surface area (Å²) in [7, 11) is 3.29. The summed E-state index contributed by atoms with van der Waals surface area (Å²) in [5.74, 6) is 1.38. The zero-order chi connectivity index (χ0) is 24.9. The number of methoxy groups -OCH3 is 2. The van der Waals surface area contributed by atoms with Gasteiger partial charge in [-0.05, 0) is 56.0 Å². The molecule has 35 heavy (non-hydrogen) atoms. The third-order valence-corrected chi connectivity index (χ3v) is 6.27. The topological polar surface area (TPSA) is 60.7 Å². The number of carbonyl (C=O) groups excluding carboxylic acids is 1. The molecule has 0 spiro atoms. The van der Waals surface area contributed by atoms with Gasteiger partial charge in [-0.25, -0.2) is 0 Å². The van der Waals surface area contributed by atoms with Gasteiger partial charge in [0.05, 0.1) is 20.5 Å². The zero-order valence-electron chi connectivity index (χ0n) is 20.9. The molecule has 1 amide bonds. The lowest BCUT2D eigenvalue weighted by Crippen LogP contribution is -2.24. The fourth-order valence-corrected chi connectivity index (χ4v) is 4.38. The van der Waals surface area contributed by atoms with Gasteiger partial charge < -0.3 is 19.2 Å². The summed E-state index contributed by atoms with van der Waals surface area (Å²) in [4.78, 5) is 12.7. The molecule has 0 radical (unpaired) electrons. The van der Waals surface area contributed by atoms with Crippen molar-refractivity contribution in [3.05, 3.63) is 89.2 Å². The lowest BCUT2D eigenvalue weighted by Gasteiger charge is -2.13. The van der Waals surface area contributed by atoms with Gasteiger partial charge in [-0.2, -0.15) is 0 Å². The minimum absolute atomic E-state index is 0.150. The largest absolute Gasteiger partial charge is 0.496 e. The van der Waals surface area contributed by atoms with Crippen LogP contribution in [0.3, 0.4) is 0 Å². The smallest absolute Gasteiger partial charge is 0.244 e. The standard InChI is InChI=1S/C30H31NO4/c1-19-10-12-22(13-11-19)26-18-35-30-21(3)29(34-5)24(17-25(26)30)20(2)16-28(32)31-15-14-23-8-6-7-9-27(23)33-4/h6-13,16-18H,14-15H2,1-5H3,(H,31,32)/b20-16+. The van der Waals surface area contributed by atoms with E-state index in [4.69, 9.17) is 13.9 Å². The number of ether oxygens (including phenoxy) is 2. The normalized spacial score (nSPS) is 11.5. The third-order valence-electron chi connectivity index (χ3n) is 6.27. The van der Waals surface area contributed by atoms with Gasteiger partial charge >= 0.3 is 0 Å². The summed E-state index contributed by atoms with van der Waals surface area (Å²) in [6.45, 7) is 6.49. The first kappa shape index (κ1) is 24.1. The van der Waals surface area contributed by atoms with E-state index in [1.54, 1.807) is 26.6 Å². The molecule has 0 aliphatic heterocycles. The quantitative estimate of drug-likeness (QED) is 0.299. The first-order chi connectivity index (χ1) is 16.9. The fourth-order valence-electron chi connectivity index (χ4n) is 4.38. The number of para-hydroxylation sites is 1. The number of furan rings is 1. The Morgan fingerprint density at radius 3 is 2.49 bits per heavy atom. The molecule has 0 fully saturated rings. The SMILES string of the molecule is COc1ccccc1CCNC(=O)/C=C(\C)c1cc2c(-c3ccc(C)cc3)coc2c(C)c1OC. The number of hydrogen-bond acceptors (Lipinski definition) is 4. The molecule has 0 saturated carbocycles. The van der Waals surface area contributed by atoms with E-state index in [9.17, 15) is 4.79 Å². The average Bonchev–Trinajstić information content (AvgIpc) is 3.29. The Morgan fingerprint density at radius 2 is 1.77 bits per heavy atom. The van der Waals surface area contributed by atoms with Crippen LogP contribution in [0.4, 0.5) is 0 Å². The summed E-state index contributed by atoms with van der Waals surface area (Å²) < 4.78 is 17.1. The summed E-state index contributed by atoms with van der Waals surface area (Å²) in [6, 6.07) is 18.2. The van der Waals surface area contributed by atoms with Gasteiger partial charge in [-0.3, -0.25) is 4.79 Å². The van der Waals surface area contributed by atoms with Crippen molar-refractivity contribution in [1.82, 2.24) is 5.32 Å². The Hall–Kier alpha value is -3.99. The highest BCUT2D eigenvalue weighted by atomic mass is 16.5. The van der Waals surface area contributed by atoms with Crippen molar-refractivity contribution in [3.8, 4) is 22.6 Å². The molecule has 0 aliphatic rings. The molecule has 0 atom stereocenters. The Labute approximate surface area is 206 Å². The molecule has 3 aromatic carbocycles. The van der Waals surface area contributed by atoms with Gasteiger partial charge in [-0.1, -0.05) is 48.0 Å². The predicted molar refractivity (Wildman–Crippen MR) is 141 cm³/mol. The maximum Gasteiger partial charge on any atom is 0.244 e. The highest BCUT2D eigenvalue weighted by Crippen LogP contribution is 2.40. The van der Waals surface area contributed by atoms with Crippen LogP contribution < -0.4 is 14.8 Å². The molecular weight excluding hydrogens is 438 g/mol. The van der Waals surface area contributed by atoms with Crippen molar-refractivity contribution in [1.29, 1.82) is 0 Å². The molecule has 0 saturated heterocycles. The lowest BCUT2D eigenvalue weighted by molar-refractivity contribution is -0.116. The van der Waals surface area contributed by atoms with Gasteiger partial charge in [0.25, 0.3) is 0 Å². The van der Waals surface area contributed by atoms with Crippen LogP contribution in [-0.2, 0) is 11.2 Å². The number of rotatable bonds is 8. The minimum atomic E-state index is -0.150. The van der Waals surface area contributed by atoms with Crippen molar-refractivity contribution in [2.45, 2.75) is 27.2 Å². The maximum absolute atomic E-state index is 12.7. The Kier molecular flexibility index (Phi) is 7.25. The van der Waals surface area contributed by atoms with Crippen LogP contribution in [0.15, 0.2) is 71.4 Å². The van der Waals surface area contributed by atoms with Gasteiger partial charge in [0.2, 0.25) is 5.91 Å². The Bertz CT molecular complexity index is 1380. The molecule has 5 heteroatoms. The molecule has 4 aromatic rings. The zero-order valence-corrected chi connectivity index (χ0v) is 20.9. The highest BCUT2D eigenvalue weighted by molar-refractivity contribution is 6.01. The van der Waals surface area contributed by atoms with E-state index in [1.165, 1.54) is 5.56 Å². The van der Waals surface area contributed by atoms with Crippen LogP contribution in [0.2, 0.25) is 0 Å². The van der Waals surface area contributed by atoms with Crippen LogP contribution in [0, 0.1) is 13.8 Å². The molecule has 4 rings (SSSR count). The lowest BCUT2D eigenvalue weighted by atomic mass is 9.96. The van der Waals surface area contributed by atoms with Gasteiger partial charge in [0.1, 0.15) is 17.1 Å². The second kappa shape index (κ2) is 10.5. The second-order valence-electron chi connectivity index (χ2n) is 8.65. The highest BCUT2D eigenvalue weighted by Gasteiger charge is 2.18. The number of amides is 1. The molecule has 0 bridgehead atoms. The summed E-state index contributed by atoms with van der Waals surface area (Å²) in [5.41, 5.74) is 7.74. The molecule has 1 heterocycles. The minimum Gasteiger partial charge on any atom is -0.496 e. The number of nitrogens with one attached hydrogen (secondary N) is 1. The molecular formula is C30H31NO4. The second-order valence-corrected chi connectivity index (χ2v) is 8.65. The number of hydrogen-bond donors (Lipinski definition) is 1. The Morgan fingerprint density at radius 1 is 1.03 bits per heavy atom. The van der Waals surface area contributed by atoms with Crippen LogP contribution >= 0.6 is 0 Å². The summed E-state index contributed by atoms with van der Waals surface area (Å²) in [6.07, 6.45) is 4.10. The van der Waals surface area contributed by atoms with Gasteiger partial charge in [0, 0.05) is 34.7 Å². The summed E-state index contributed by atoms with van der Waals surface area (Å²) >= 11 is 0. The summed E-state index contributed by atoms with van der Waals surface area (Å²) in [5, 5.41) is 3.97. The number of carbonyl (C=O) groups is 1. The van der Waals surface area contributed by atoms with Crippen LogP contribution in [-0.4, -0.2) is 26.7 Å². The van der Waals surface area contributed by atoms with E-state index in [-0.39, 0.29) is 5.91 Å². The molecule has 180 valence electrons. The number of benzene rings is 3. The number of fused-ring (bicyclic) bond motifs is 1. The number of allylic oxidation sites excluding steroid dienone is 1. The Balaban J connectivity index is 1.60. The van der Waals surface area contributed by atoms with Crippen molar-refractivity contribution in [3.63, 3.8) is 0 Å². The first-order valence-electron chi connectivity index (χ1n) is 11.7. The van der Waals surface area contributed by atoms with E-state index < -0.39 is 0 Å². The third kappa shape index (κ3) is 5.09. The predicted octanol–water partition coefficient (Wildman–Crippen LogP) is 6.50. The van der Waals surface area contributed by atoms with Crippen molar-refractivity contribution >= 4 is 22.4 Å².